The zero-order valence-corrected chi connectivity index (χ0v) is 65.5. The number of hydrogen-bond acceptors (Lipinski definition) is 33. The standard InChI is InChI=1S/C69H96F3N15O33/c1-31(2)46(61(103)115-28-37-49(94)52(97)58(118-37)82-25-34(70)55(100)76-64(82)106)73-40(88)13-16-43(91)85(112)22-10-7-19-79-67(109)80(20-8-11-23-86(113)44(92)17-14-41(89)74-47(32(3)4)62(104)116-29-38-50(95)53(98)59(119-38)83-26-35(71)56(101)77-65(83)107)69(111)81(68(79)110)21-9-12-24-87(114)45(93)18-15-42(90)75-48(33(5)6)63(105)117-30-39-51(96)54(99)60(120-39)84-27-36(72)57(102)78-66(84)108/h25-27,31-33,37-39,46-54,58-60,94-99,112-114H,7-24,28-30H2,1-6H3,(H,73,88)(H,74,89)(H,75,90)(H,76,100,106)(H,77,101,107)(H,78,102,108)/t37-,38-,39-,46+,47+,48+,49-,50-,51-,52-,53-,54-,58-,59-,60-/m1/s1. The first-order valence-electron chi connectivity index (χ1n) is 37.8. The fraction of sp³-hybridized carbons (Fsp3) is 0.652. The van der Waals surface area contributed by atoms with Gasteiger partial charge in [0.15, 0.2) is 18.7 Å². The highest BCUT2D eigenvalue weighted by Crippen LogP contribution is 2.32. The van der Waals surface area contributed by atoms with Gasteiger partial charge in [0.25, 0.3) is 16.7 Å². The molecule has 6 amide bonds. The number of hydroxylamine groups is 6. The number of ether oxygens (including phenoxy) is 6. The van der Waals surface area contributed by atoms with E-state index in [0.29, 0.717) is 46.0 Å². The maximum absolute atomic E-state index is 14.0. The van der Waals surface area contributed by atoms with Gasteiger partial charge in [0, 0.05) is 77.8 Å². The largest absolute Gasteiger partial charge is 0.461 e. The van der Waals surface area contributed by atoms with Crippen molar-refractivity contribution in [2.75, 3.05) is 39.5 Å². The number of H-pyrrole nitrogens is 3. The summed E-state index contributed by atoms with van der Waals surface area (Å²) in [7, 11) is 0. The summed E-state index contributed by atoms with van der Waals surface area (Å²) in [6.07, 6.45) is -24.0. The van der Waals surface area contributed by atoms with Gasteiger partial charge in [-0.2, -0.15) is 13.2 Å². The van der Waals surface area contributed by atoms with Gasteiger partial charge in [0.2, 0.25) is 52.9 Å². The number of amides is 6. The molecular formula is C69H96F3N15O33. The molecule has 3 fully saturated rings. The number of hydrogen-bond donors (Lipinski definition) is 15. The molecule has 7 rings (SSSR count). The molecule has 0 unspecified atom stereocenters. The average Bonchev–Trinajstić information content (AvgIpc) is 1.67. The number of nitrogens with one attached hydrogen (secondary N) is 6. The molecule has 48 nitrogen and oxygen atoms in total. The number of aliphatic hydroxyl groups excluding tert-OH is 6. The Bertz CT molecular complexity index is 4420. The molecule has 15 N–H and O–H groups in total. The van der Waals surface area contributed by atoms with Gasteiger partial charge in [-0.05, 0) is 56.3 Å². The van der Waals surface area contributed by atoms with Gasteiger partial charge in [-0.1, -0.05) is 41.5 Å². The van der Waals surface area contributed by atoms with Crippen LogP contribution in [0.3, 0.4) is 0 Å². The number of nitrogens with zero attached hydrogens (tertiary/aromatic N) is 9. The summed E-state index contributed by atoms with van der Waals surface area (Å²) >= 11 is 0. The lowest BCUT2D eigenvalue weighted by Crippen LogP contribution is -2.54. The Labute approximate surface area is 673 Å². The molecule has 0 aliphatic carbocycles. The summed E-state index contributed by atoms with van der Waals surface area (Å²) in [6.45, 7) is 4.00. The van der Waals surface area contributed by atoms with Gasteiger partial charge in [-0.25, -0.2) is 72.0 Å². The SMILES string of the molecule is CC(C)[C@H](NC(=O)CCC(=O)N(O)CCCCn1c(=O)n(CCCCN(O)C(=O)CCC(=O)N[C@H](C(=O)OC[C@H]2O[C@@H](n3cc(F)c(=O)[nH]c3=O)[C@H](O)[C@@H]2O)C(C)C)c(=O)n(CCCCN(O)C(=O)CCC(=O)N[C@H](C(=O)OC[C@H]2O[C@@H](n3cc(F)c(=O)[nH]c3=O)[C@H](O)[C@@H]2O)C(C)C)c1=O)C(=O)OC[C@H]1O[C@@H](n2cc(F)c(=O)[nH]c2=O)[C@H](O)[C@@H]1O. The molecule has 120 heavy (non-hydrogen) atoms. The van der Waals surface area contributed by atoms with Gasteiger partial charge in [-0.15, -0.1) is 0 Å². The fourth-order valence-corrected chi connectivity index (χ4v) is 12.5. The summed E-state index contributed by atoms with van der Waals surface area (Å²) in [4.78, 5) is 236. The van der Waals surface area contributed by atoms with Crippen molar-refractivity contribution in [3.05, 3.63) is 130 Å². The van der Waals surface area contributed by atoms with Crippen LogP contribution in [0.25, 0.3) is 0 Å². The predicted molar refractivity (Wildman–Crippen MR) is 390 cm³/mol. The molecule has 0 radical (unpaired) electrons. The van der Waals surface area contributed by atoms with E-state index in [2.05, 4.69) is 16.0 Å². The third kappa shape index (κ3) is 24.8. The smallest absolute Gasteiger partial charge is 0.336 e. The minimum Gasteiger partial charge on any atom is -0.461 e. The van der Waals surface area contributed by atoms with E-state index < -0.39 is 329 Å². The van der Waals surface area contributed by atoms with Crippen LogP contribution in [0, 0.1) is 35.2 Å². The van der Waals surface area contributed by atoms with Crippen LogP contribution < -0.4 is 66.8 Å². The van der Waals surface area contributed by atoms with Crippen LogP contribution in [0.1, 0.15) is 137 Å². The zero-order valence-electron chi connectivity index (χ0n) is 65.5. The lowest BCUT2D eigenvalue weighted by Gasteiger charge is -2.22. The average molecular weight is 1720 g/mol. The van der Waals surface area contributed by atoms with E-state index >= 15 is 0 Å². The predicted octanol–water partition coefficient (Wildman–Crippen LogP) is -7.52. The third-order valence-electron chi connectivity index (χ3n) is 19.4. The number of carbonyl (C=O) groups excluding carboxylic acids is 9. The minimum absolute atomic E-state index is 0.140. The van der Waals surface area contributed by atoms with E-state index in [1.165, 1.54) is 41.5 Å². The summed E-state index contributed by atoms with van der Waals surface area (Å²) < 4.78 is 77.4. The van der Waals surface area contributed by atoms with Gasteiger partial charge in [0.1, 0.15) is 92.9 Å². The Morgan fingerprint density at radius 1 is 0.392 bits per heavy atom. The van der Waals surface area contributed by atoms with Crippen LogP contribution in [0.2, 0.25) is 0 Å². The second-order valence-electron chi connectivity index (χ2n) is 29.3. The molecule has 4 aromatic rings. The van der Waals surface area contributed by atoms with Crippen LogP contribution in [-0.2, 0) is 91.2 Å². The highest BCUT2D eigenvalue weighted by Gasteiger charge is 2.48. The maximum atomic E-state index is 14.0. The number of halogens is 3. The molecule has 666 valence electrons. The van der Waals surface area contributed by atoms with Crippen LogP contribution >= 0.6 is 0 Å². The number of aliphatic hydroxyl groups is 6. The topological polar surface area (TPSA) is 667 Å². The van der Waals surface area contributed by atoms with Gasteiger partial charge in [0.05, 0.1) is 18.6 Å². The molecule has 0 aromatic carbocycles. The first kappa shape index (κ1) is 96.1. The van der Waals surface area contributed by atoms with Gasteiger partial charge in [-0.3, -0.25) is 87.4 Å². The van der Waals surface area contributed by atoms with E-state index in [0.717, 1.165) is 0 Å². The molecule has 7 heterocycles. The Morgan fingerprint density at radius 3 is 0.850 bits per heavy atom. The molecule has 0 bridgehead atoms. The summed E-state index contributed by atoms with van der Waals surface area (Å²) in [6, 6.07) is -4.16. The number of aromatic amines is 3. The summed E-state index contributed by atoms with van der Waals surface area (Å²) in [5.41, 5.74) is -11.2. The van der Waals surface area contributed by atoms with Crippen molar-refractivity contribution in [2.24, 2.45) is 17.8 Å². The third-order valence-corrected chi connectivity index (χ3v) is 19.4. The Balaban J connectivity index is 0.911. The van der Waals surface area contributed by atoms with Crippen molar-refractivity contribution in [1.29, 1.82) is 0 Å². The van der Waals surface area contributed by atoms with Crippen molar-refractivity contribution in [3.8, 4) is 0 Å². The van der Waals surface area contributed by atoms with Crippen LogP contribution in [0.5, 0.6) is 0 Å². The molecule has 3 aliphatic heterocycles. The zero-order chi connectivity index (χ0) is 89.2. The van der Waals surface area contributed by atoms with Crippen molar-refractivity contribution in [3.63, 3.8) is 0 Å². The lowest BCUT2D eigenvalue weighted by atomic mass is 10.0. The fourth-order valence-electron chi connectivity index (χ4n) is 12.5. The number of carbonyl (C=O) groups is 9. The highest BCUT2D eigenvalue weighted by atomic mass is 19.1. The van der Waals surface area contributed by atoms with Crippen molar-refractivity contribution in [1.82, 2.24) is 73.5 Å². The van der Waals surface area contributed by atoms with Crippen molar-refractivity contribution < 1.29 is 131 Å². The highest BCUT2D eigenvalue weighted by molar-refractivity contribution is 5.89. The van der Waals surface area contributed by atoms with E-state index in [1.54, 1.807) is 15.0 Å². The number of unbranched alkanes of at least 4 members (excludes halogenated alkanes) is 3. The molecule has 51 heteroatoms. The van der Waals surface area contributed by atoms with Crippen molar-refractivity contribution in [2.45, 2.75) is 230 Å². The quantitative estimate of drug-likeness (QED) is 0.00644. The number of aromatic nitrogens is 9. The number of esters is 3. The second-order valence-corrected chi connectivity index (χ2v) is 29.3. The van der Waals surface area contributed by atoms with Crippen molar-refractivity contribution >= 4 is 53.4 Å². The molecule has 3 aliphatic rings. The first-order valence-corrected chi connectivity index (χ1v) is 37.8. The Kier molecular flexibility index (Phi) is 34.7. The van der Waals surface area contributed by atoms with Crippen LogP contribution in [-0.4, -0.2) is 270 Å². The minimum atomic E-state index is -1.87. The Morgan fingerprint density at radius 2 is 0.625 bits per heavy atom. The molecule has 4 aromatic heterocycles. The van der Waals surface area contributed by atoms with E-state index in [9.17, 15) is 146 Å². The van der Waals surface area contributed by atoms with E-state index in [4.69, 9.17) is 28.4 Å². The van der Waals surface area contributed by atoms with Crippen LogP contribution in [0.4, 0.5) is 13.2 Å². The molecule has 15 atom stereocenters. The summed E-state index contributed by atoms with van der Waals surface area (Å²) in [5.74, 6) is -15.2. The van der Waals surface area contributed by atoms with E-state index in [1.807, 2.05) is 0 Å². The van der Waals surface area contributed by atoms with Crippen LogP contribution in [0.15, 0.2) is 61.7 Å². The van der Waals surface area contributed by atoms with Gasteiger partial charge >= 0.3 is 52.0 Å². The second kappa shape index (κ2) is 43.3. The Hall–Kier alpha value is -11.0. The monoisotopic (exact) mass is 1720 g/mol. The summed E-state index contributed by atoms with van der Waals surface area (Å²) in [5, 5.41) is 103. The normalized spacial score (nSPS) is 21.6. The molecular weight excluding hydrogens is 1620 g/mol. The first-order chi connectivity index (χ1) is 56.4. The maximum Gasteiger partial charge on any atom is 0.336 e. The lowest BCUT2D eigenvalue weighted by molar-refractivity contribution is -0.166. The van der Waals surface area contributed by atoms with Gasteiger partial charge < -0.3 is 75.0 Å². The number of rotatable bonds is 42. The molecule has 0 spiro atoms. The molecule has 3 saturated heterocycles. The molecule has 0 saturated carbocycles. The van der Waals surface area contributed by atoms with E-state index in [-0.39, 0.29) is 53.7 Å².